The number of amides is 2. The molecule has 1 saturated heterocycles. The lowest BCUT2D eigenvalue weighted by Crippen LogP contribution is -2.31. The fraction of sp³-hybridized carbons (Fsp3) is 0.333. The highest BCUT2D eigenvalue weighted by Crippen LogP contribution is 2.23. The average Bonchev–Trinajstić information content (AvgIpc) is 3.25. The van der Waals surface area contributed by atoms with Gasteiger partial charge in [0.1, 0.15) is 10.6 Å². The van der Waals surface area contributed by atoms with E-state index >= 15 is 0 Å². The van der Waals surface area contributed by atoms with Crippen molar-refractivity contribution in [3.05, 3.63) is 40.6 Å². The zero-order chi connectivity index (χ0) is 16.1. The van der Waals surface area contributed by atoms with Crippen LogP contribution >= 0.6 is 11.3 Å². The summed E-state index contributed by atoms with van der Waals surface area (Å²) in [5, 5.41) is 7.30. The van der Waals surface area contributed by atoms with E-state index in [2.05, 4.69) is 20.6 Å². The van der Waals surface area contributed by atoms with Crippen LogP contribution < -0.4 is 10.6 Å². The van der Waals surface area contributed by atoms with Gasteiger partial charge in [0.05, 0.1) is 18.0 Å². The molecule has 2 aromatic rings. The van der Waals surface area contributed by atoms with Crippen molar-refractivity contribution in [1.82, 2.24) is 15.3 Å². The molecule has 1 atom stereocenters. The average molecular weight is 332 g/mol. The fourth-order valence-electron chi connectivity index (χ4n) is 2.28. The molecular weight excluding hydrogens is 316 g/mol. The van der Waals surface area contributed by atoms with Crippen LogP contribution in [-0.4, -0.2) is 41.0 Å². The summed E-state index contributed by atoms with van der Waals surface area (Å²) in [6, 6.07) is 1.69. The number of anilines is 1. The molecule has 3 rings (SSSR count). The Morgan fingerprint density at radius 2 is 2.26 bits per heavy atom. The molecule has 1 fully saturated rings. The third-order valence-corrected chi connectivity index (χ3v) is 4.34. The Balaban J connectivity index is 1.62. The van der Waals surface area contributed by atoms with Crippen LogP contribution in [0.2, 0.25) is 0 Å². The molecule has 1 unspecified atom stereocenters. The predicted molar refractivity (Wildman–Crippen MR) is 85.6 cm³/mol. The van der Waals surface area contributed by atoms with Crippen LogP contribution in [-0.2, 0) is 4.74 Å². The third kappa shape index (κ3) is 3.91. The molecular formula is C15H16N4O3S. The van der Waals surface area contributed by atoms with Crippen molar-refractivity contribution in [3.63, 3.8) is 0 Å². The summed E-state index contributed by atoms with van der Waals surface area (Å²) in [5.74, 6) is -0.616. The van der Waals surface area contributed by atoms with Crippen LogP contribution in [0.5, 0.6) is 0 Å². The van der Waals surface area contributed by atoms with Gasteiger partial charge in [0.2, 0.25) is 0 Å². The van der Waals surface area contributed by atoms with Crippen molar-refractivity contribution in [1.29, 1.82) is 0 Å². The van der Waals surface area contributed by atoms with Gasteiger partial charge < -0.3 is 15.4 Å². The molecule has 2 N–H and O–H groups in total. The lowest BCUT2D eigenvalue weighted by molar-refractivity contribution is 0.0861. The first-order valence-corrected chi connectivity index (χ1v) is 8.16. The van der Waals surface area contributed by atoms with E-state index in [1.165, 1.54) is 29.9 Å². The maximum absolute atomic E-state index is 12.3. The van der Waals surface area contributed by atoms with Gasteiger partial charge in [-0.1, -0.05) is 0 Å². The summed E-state index contributed by atoms with van der Waals surface area (Å²) in [4.78, 5) is 32.6. The molecule has 23 heavy (non-hydrogen) atoms. The summed E-state index contributed by atoms with van der Waals surface area (Å²) in [7, 11) is 0. The first kappa shape index (κ1) is 15.6. The molecule has 2 amide bonds. The molecule has 0 saturated carbocycles. The molecule has 120 valence electrons. The highest BCUT2D eigenvalue weighted by Gasteiger charge is 2.20. The van der Waals surface area contributed by atoms with E-state index in [1.54, 1.807) is 11.4 Å². The first-order chi connectivity index (χ1) is 11.2. The van der Waals surface area contributed by atoms with E-state index in [0.717, 1.165) is 19.4 Å². The number of ether oxygens (including phenoxy) is 1. The van der Waals surface area contributed by atoms with Crippen molar-refractivity contribution >= 4 is 28.8 Å². The van der Waals surface area contributed by atoms with Crippen molar-refractivity contribution in [2.24, 2.45) is 0 Å². The van der Waals surface area contributed by atoms with Gasteiger partial charge in [0.25, 0.3) is 11.8 Å². The maximum Gasteiger partial charge on any atom is 0.275 e. The van der Waals surface area contributed by atoms with Gasteiger partial charge in [0, 0.05) is 25.5 Å². The smallest absolute Gasteiger partial charge is 0.275 e. The molecule has 8 heteroatoms. The van der Waals surface area contributed by atoms with E-state index in [1.807, 2.05) is 0 Å². The molecule has 1 aliphatic heterocycles. The minimum absolute atomic E-state index is 0.0801. The Bertz CT molecular complexity index is 683. The molecule has 0 aliphatic carbocycles. The Morgan fingerprint density at radius 3 is 3.00 bits per heavy atom. The molecule has 0 aromatic carbocycles. The Hall–Kier alpha value is -2.32. The summed E-state index contributed by atoms with van der Waals surface area (Å²) in [6.07, 6.45) is 6.37. The van der Waals surface area contributed by atoms with Crippen LogP contribution in [0.25, 0.3) is 0 Å². The number of carbonyl (C=O) groups is 2. The summed E-state index contributed by atoms with van der Waals surface area (Å²) in [5.41, 5.74) is 0.667. The van der Waals surface area contributed by atoms with Crippen molar-refractivity contribution < 1.29 is 14.3 Å². The van der Waals surface area contributed by atoms with Crippen LogP contribution in [0.1, 0.15) is 33.0 Å². The van der Waals surface area contributed by atoms with Gasteiger partial charge >= 0.3 is 0 Å². The molecule has 0 spiro atoms. The standard InChI is InChI=1S/C15H16N4O3S/c20-14(12-9-16-4-5-17-12)19-11-3-7-23-13(11)15(21)18-8-10-2-1-6-22-10/h3-5,7,9-10H,1-2,6,8H2,(H,18,21)(H,19,20). The Kier molecular flexibility index (Phi) is 4.94. The normalized spacial score (nSPS) is 17.0. The molecule has 1 aliphatic rings. The third-order valence-electron chi connectivity index (χ3n) is 3.43. The topological polar surface area (TPSA) is 93.2 Å². The number of hydrogen-bond acceptors (Lipinski definition) is 6. The van der Waals surface area contributed by atoms with Gasteiger partial charge in [-0.05, 0) is 24.3 Å². The Labute approximate surface area is 137 Å². The van der Waals surface area contributed by atoms with E-state index in [-0.39, 0.29) is 17.7 Å². The zero-order valence-corrected chi connectivity index (χ0v) is 13.1. The molecule has 7 nitrogen and oxygen atoms in total. The first-order valence-electron chi connectivity index (χ1n) is 7.28. The lowest BCUT2D eigenvalue weighted by atomic mass is 10.2. The van der Waals surface area contributed by atoms with E-state index in [0.29, 0.717) is 17.1 Å². The van der Waals surface area contributed by atoms with Gasteiger partial charge in [-0.3, -0.25) is 14.6 Å². The van der Waals surface area contributed by atoms with Gasteiger partial charge in [-0.25, -0.2) is 4.98 Å². The number of rotatable bonds is 5. The van der Waals surface area contributed by atoms with Gasteiger partial charge in [0.15, 0.2) is 0 Å². The number of nitrogens with zero attached hydrogens (tertiary/aromatic N) is 2. The molecule has 0 bridgehead atoms. The lowest BCUT2D eigenvalue weighted by Gasteiger charge is -2.11. The van der Waals surface area contributed by atoms with Gasteiger partial charge in [-0.2, -0.15) is 0 Å². The molecule has 2 aromatic heterocycles. The predicted octanol–water partition coefficient (Wildman–Crippen LogP) is 1.70. The van der Waals surface area contributed by atoms with Crippen molar-refractivity contribution in [2.75, 3.05) is 18.5 Å². The Morgan fingerprint density at radius 1 is 1.35 bits per heavy atom. The SMILES string of the molecule is O=C(Nc1ccsc1C(=O)NCC1CCCO1)c1cnccn1. The monoisotopic (exact) mass is 332 g/mol. The second-order valence-electron chi connectivity index (χ2n) is 5.05. The second kappa shape index (κ2) is 7.30. The summed E-state index contributed by atoms with van der Waals surface area (Å²) >= 11 is 1.27. The molecule has 3 heterocycles. The minimum Gasteiger partial charge on any atom is -0.376 e. The van der Waals surface area contributed by atoms with Crippen molar-refractivity contribution in [2.45, 2.75) is 18.9 Å². The van der Waals surface area contributed by atoms with Gasteiger partial charge in [-0.15, -0.1) is 11.3 Å². The number of nitrogens with one attached hydrogen (secondary N) is 2. The van der Waals surface area contributed by atoms with Crippen LogP contribution in [0.15, 0.2) is 30.0 Å². The quantitative estimate of drug-likeness (QED) is 0.869. The summed E-state index contributed by atoms with van der Waals surface area (Å²) in [6.45, 7) is 1.23. The summed E-state index contributed by atoms with van der Waals surface area (Å²) < 4.78 is 5.48. The highest BCUT2D eigenvalue weighted by atomic mass is 32.1. The number of aromatic nitrogens is 2. The van der Waals surface area contributed by atoms with Crippen molar-refractivity contribution in [3.8, 4) is 0 Å². The number of carbonyl (C=O) groups excluding carboxylic acids is 2. The maximum atomic E-state index is 12.3. The number of hydrogen-bond donors (Lipinski definition) is 2. The van der Waals surface area contributed by atoms with E-state index in [4.69, 9.17) is 4.74 Å². The zero-order valence-electron chi connectivity index (χ0n) is 12.3. The highest BCUT2D eigenvalue weighted by molar-refractivity contribution is 7.12. The van der Waals surface area contributed by atoms with Crippen LogP contribution in [0, 0.1) is 0 Å². The van der Waals surface area contributed by atoms with Crippen LogP contribution in [0.4, 0.5) is 5.69 Å². The van der Waals surface area contributed by atoms with E-state index < -0.39 is 5.91 Å². The van der Waals surface area contributed by atoms with Crippen LogP contribution in [0.3, 0.4) is 0 Å². The molecule has 0 radical (unpaired) electrons. The largest absolute Gasteiger partial charge is 0.376 e. The van der Waals surface area contributed by atoms with E-state index in [9.17, 15) is 9.59 Å². The second-order valence-corrected chi connectivity index (χ2v) is 5.97. The minimum atomic E-state index is -0.398. The fourth-order valence-corrected chi connectivity index (χ4v) is 3.04. The number of thiophene rings is 1.